The Morgan fingerprint density at radius 2 is 2.28 bits per heavy atom. The average Bonchev–Trinajstić information content (AvgIpc) is 2.33. The number of benzene rings is 1. The van der Waals surface area contributed by atoms with Gasteiger partial charge in [-0.25, -0.2) is 4.79 Å². The molecule has 2 N–H and O–H groups in total. The zero-order chi connectivity index (χ0) is 13.5. The second-order valence-electron chi connectivity index (χ2n) is 3.54. The van der Waals surface area contributed by atoms with Crippen LogP contribution in [0.4, 0.5) is 5.69 Å². The minimum Gasteiger partial charge on any atom is -0.477 e. The van der Waals surface area contributed by atoms with Crippen LogP contribution in [0, 0.1) is 10.1 Å². The van der Waals surface area contributed by atoms with E-state index in [9.17, 15) is 14.9 Å². The molecule has 0 aliphatic heterocycles. The fourth-order valence-electron chi connectivity index (χ4n) is 1.53. The highest BCUT2D eigenvalue weighted by molar-refractivity contribution is 7.98. The average molecular weight is 270 g/mol. The molecular weight excluding hydrogens is 256 g/mol. The van der Waals surface area contributed by atoms with Gasteiger partial charge < -0.3 is 10.4 Å². The van der Waals surface area contributed by atoms with Crippen LogP contribution >= 0.6 is 11.8 Å². The first kappa shape index (κ1) is 14.5. The van der Waals surface area contributed by atoms with E-state index in [0.29, 0.717) is 12.1 Å². The zero-order valence-corrected chi connectivity index (χ0v) is 10.7. The fraction of sp³-hybridized carbons (Fsp3) is 0.364. The van der Waals surface area contributed by atoms with E-state index < -0.39 is 10.9 Å². The van der Waals surface area contributed by atoms with Gasteiger partial charge in [0.05, 0.1) is 4.92 Å². The van der Waals surface area contributed by atoms with Crippen LogP contribution in [-0.2, 0) is 6.54 Å². The number of nitrogens with one attached hydrogen (secondary N) is 1. The lowest BCUT2D eigenvalue weighted by Crippen LogP contribution is -2.19. The maximum atomic E-state index is 11.1. The van der Waals surface area contributed by atoms with Crippen LogP contribution in [-0.4, -0.2) is 34.6 Å². The van der Waals surface area contributed by atoms with Gasteiger partial charge in [-0.15, -0.1) is 0 Å². The molecule has 0 unspecified atom stereocenters. The molecule has 0 spiro atoms. The molecule has 0 saturated heterocycles. The fourth-order valence-corrected chi connectivity index (χ4v) is 1.88. The number of carboxylic acids is 1. The first-order valence-corrected chi connectivity index (χ1v) is 6.66. The highest BCUT2D eigenvalue weighted by Gasteiger charge is 2.22. The molecule has 0 radical (unpaired) electrons. The summed E-state index contributed by atoms with van der Waals surface area (Å²) in [6.45, 7) is 1.03. The summed E-state index contributed by atoms with van der Waals surface area (Å²) in [5, 5.41) is 22.9. The van der Waals surface area contributed by atoms with Gasteiger partial charge >= 0.3 is 5.97 Å². The summed E-state index contributed by atoms with van der Waals surface area (Å²) in [5.74, 6) is -0.374. The van der Waals surface area contributed by atoms with Crippen molar-refractivity contribution in [3.8, 4) is 0 Å². The molecule has 18 heavy (non-hydrogen) atoms. The standard InChI is InChI=1S/C11H14N2O4S/c1-18-6-5-12-7-8-3-2-4-9(13(16)17)10(8)11(14)15/h2-4,12H,5-7H2,1H3,(H,14,15). The third-order valence-corrected chi connectivity index (χ3v) is 2.95. The number of nitro benzene ring substituents is 1. The van der Waals surface area contributed by atoms with Crippen molar-refractivity contribution < 1.29 is 14.8 Å². The molecule has 6 nitrogen and oxygen atoms in total. The van der Waals surface area contributed by atoms with E-state index in [1.807, 2.05) is 6.26 Å². The molecule has 1 aromatic rings. The quantitative estimate of drug-likeness (QED) is 0.445. The van der Waals surface area contributed by atoms with Crippen LogP contribution in [0.25, 0.3) is 0 Å². The minimum absolute atomic E-state index is 0.237. The smallest absolute Gasteiger partial charge is 0.343 e. The van der Waals surface area contributed by atoms with Crippen LogP contribution in [0.2, 0.25) is 0 Å². The number of nitrogens with zero attached hydrogens (tertiary/aromatic N) is 1. The van der Waals surface area contributed by atoms with Crippen LogP contribution < -0.4 is 5.32 Å². The molecule has 0 aliphatic rings. The van der Waals surface area contributed by atoms with Gasteiger partial charge in [-0.2, -0.15) is 11.8 Å². The van der Waals surface area contributed by atoms with E-state index in [4.69, 9.17) is 5.11 Å². The van der Waals surface area contributed by atoms with Crippen molar-refractivity contribution in [1.29, 1.82) is 0 Å². The lowest BCUT2D eigenvalue weighted by Gasteiger charge is -2.07. The van der Waals surface area contributed by atoms with E-state index >= 15 is 0 Å². The molecule has 0 aromatic heterocycles. The van der Waals surface area contributed by atoms with E-state index in [1.165, 1.54) is 12.1 Å². The van der Waals surface area contributed by atoms with Crippen LogP contribution in [0.1, 0.15) is 15.9 Å². The molecule has 0 bridgehead atoms. The zero-order valence-electron chi connectivity index (χ0n) is 9.88. The number of hydrogen-bond donors (Lipinski definition) is 2. The Labute approximate surface area is 109 Å². The molecule has 0 atom stereocenters. The Morgan fingerprint density at radius 1 is 1.56 bits per heavy atom. The van der Waals surface area contributed by atoms with E-state index in [1.54, 1.807) is 17.8 Å². The third kappa shape index (κ3) is 3.71. The van der Waals surface area contributed by atoms with E-state index in [-0.39, 0.29) is 11.3 Å². The van der Waals surface area contributed by atoms with Crippen LogP contribution in [0.15, 0.2) is 18.2 Å². The summed E-state index contributed by atoms with van der Waals surface area (Å²) < 4.78 is 0. The van der Waals surface area contributed by atoms with Crippen LogP contribution in [0.3, 0.4) is 0 Å². The number of carboxylic acid groups (broad SMARTS) is 1. The summed E-state index contributed by atoms with van der Waals surface area (Å²) in [5.41, 5.74) is -0.177. The molecular formula is C11H14N2O4S. The van der Waals surface area contributed by atoms with Gasteiger partial charge in [0.25, 0.3) is 5.69 Å². The van der Waals surface area contributed by atoms with Crippen molar-refractivity contribution in [1.82, 2.24) is 5.32 Å². The number of carbonyl (C=O) groups is 1. The van der Waals surface area contributed by atoms with Crippen molar-refractivity contribution in [3.05, 3.63) is 39.4 Å². The predicted octanol–water partition coefficient (Wildman–Crippen LogP) is 1.75. The van der Waals surface area contributed by atoms with Gasteiger partial charge in [0.1, 0.15) is 5.56 Å². The number of rotatable bonds is 7. The lowest BCUT2D eigenvalue weighted by atomic mass is 10.1. The maximum absolute atomic E-state index is 11.1. The highest BCUT2D eigenvalue weighted by atomic mass is 32.2. The summed E-state index contributed by atoms with van der Waals surface area (Å²) in [6, 6.07) is 4.29. The molecule has 0 aliphatic carbocycles. The Hall–Kier alpha value is -1.60. The molecule has 1 rings (SSSR count). The summed E-state index contributed by atoms with van der Waals surface area (Å²) in [7, 11) is 0. The van der Waals surface area contributed by atoms with E-state index in [2.05, 4.69) is 5.32 Å². The molecule has 0 saturated carbocycles. The largest absolute Gasteiger partial charge is 0.477 e. The third-order valence-electron chi connectivity index (χ3n) is 2.34. The highest BCUT2D eigenvalue weighted by Crippen LogP contribution is 2.22. The van der Waals surface area contributed by atoms with Gasteiger partial charge in [-0.05, 0) is 11.8 Å². The minimum atomic E-state index is -1.27. The second kappa shape index (κ2) is 6.97. The number of nitro groups is 1. The normalized spacial score (nSPS) is 10.3. The molecule has 0 fully saturated rings. The van der Waals surface area contributed by atoms with Gasteiger partial charge in [0, 0.05) is 24.9 Å². The number of thioether (sulfide) groups is 1. The van der Waals surface area contributed by atoms with Crippen molar-refractivity contribution in [3.63, 3.8) is 0 Å². The van der Waals surface area contributed by atoms with Gasteiger partial charge in [0.2, 0.25) is 0 Å². The summed E-state index contributed by atoms with van der Waals surface area (Å²) >= 11 is 1.67. The number of aromatic carboxylic acids is 1. The SMILES string of the molecule is CSCCNCc1cccc([N+](=O)[O-])c1C(=O)O. The lowest BCUT2D eigenvalue weighted by molar-refractivity contribution is -0.385. The Balaban J connectivity index is 2.93. The van der Waals surface area contributed by atoms with Crippen LogP contribution in [0.5, 0.6) is 0 Å². The Kier molecular flexibility index (Phi) is 5.60. The number of hydrogen-bond acceptors (Lipinski definition) is 5. The van der Waals surface area contributed by atoms with Gasteiger partial charge in [-0.3, -0.25) is 10.1 Å². The van der Waals surface area contributed by atoms with Gasteiger partial charge in [-0.1, -0.05) is 12.1 Å². The molecule has 98 valence electrons. The first-order valence-electron chi connectivity index (χ1n) is 5.27. The molecule has 1 aromatic carbocycles. The Bertz CT molecular complexity index is 451. The van der Waals surface area contributed by atoms with E-state index in [0.717, 1.165) is 12.3 Å². The monoisotopic (exact) mass is 270 g/mol. The van der Waals surface area contributed by atoms with Crippen molar-refractivity contribution in [2.75, 3.05) is 18.6 Å². The second-order valence-corrected chi connectivity index (χ2v) is 4.53. The molecule has 0 heterocycles. The van der Waals surface area contributed by atoms with Crippen molar-refractivity contribution >= 4 is 23.4 Å². The van der Waals surface area contributed by atoms with Crippen molar-refractivity contribution in [2.24, 2.45) is 0 Å². The van der Waals surface area contributed by atoms with Gasteiger partial charge in [0.15, 0.2) is 0 Å². The maximum Gasteiger partial charge on any atom is 0.343 e. The van der Waals surface area contributed by atoms with Crippen molar-refractivity contribution in [2.45, 2.75) is 6.54 Å². The Morgan fingerprint density at radius 3 is 2.83 bits per heavy atom. The first-order chi connectivity index (χ1) is 8.57. The summed E-state index contributed by atoms with van der Waals surface area (Å²) in [4.78, 5) is 21.2. The molecule has 0 amide bonds. The predicted molar refractivity (Wildman–Crippen MR) is 70.1 cm³/mol. The molecule has 7 heteroatoms. The summed E-state index contributed by atoms with van der Waals surface area (Å²) in [6.07, 6.45) is 1.97. The topological polar surface area (TPSA) is 92.5 Å².